The molecule has 1 N–H and O–H groups in total. The molecule has 0 aliphatic rings. The molecule has 0 bridgehead atoms. The van der Waals surface area contributed by atoms with Gasteiger partial charge in [0.2, 0.25) is 0 Å². The quantitative estimate of drug-likeness (QED) is 0.832. The predicted molar refractivity (Wildman–Crippen MR) is 60.1 cm³/mol. The maximum atomic E-state index is 12.9. The zero-order valence-corrected chi connectivity index (χ0v) is 8.58. The minimum Gasteiger partial charge on any atom is -0.381 e. The van der Waals surface area contributed by atoms with Crippen molar-refractivity contribution in [2.24, 2.45) is 0 Å². The summed E-state index contributed by atoms with van der Waals surface area (Å²) in [6, 6.07) is 12.5. The minimum absolute atomic E-state index is 0.265. The molecular weight excluding hydrogens is 208 g/mol. The first-order valence-corrected chi connectivity index (χ1v) is 4.98. The molecule has 0 saturated heterocycles. The number of benzene rings is 2. The molecule has 1 nitrogen and oxygen atoms in total. The highest BCUT2D eigenvalue weighted by molar-refractivity contribution is 5.43. The summed E-state index contributed by atoms with van der Waals surface area (Å²) >= 11 is 0. The van der Waals surface area contributed by atoms with E-state index in [1.807, 2.05) is 6.07 Å². The SMILES string of the molecule is Fc1cccc(CNc2cccc(F)c2)c1. The van der Waals surface area contributed by atoms with Crippen molar-refractivity contribution in [2.45, 2.75) is 6.54 Å². The maximum absolute atomic E-state index is 12.9. The van der Waals surface area contributed by atoms with Gasteiger partial charge in [0, 0.05) is 12.2 Å². The normalized spacial score (nSPS) is 10.1. The van der Waals surface area contributed by atoms with Crippen LogP contribution in [0.25, 0.3) is 0 Å². The van der Waals surface area contributed by atoms with Crippen molar-refractivity contribution >= 4 is 5.69 Å². The van der Waals surface area contributed by atoms with Crippen LogP contribution >= 0.6 is 0 Å². The summed E-state index contributed by atoms with van der Waals surface area (Å²) in [7, 11) is 0. The average Bonchev–Trinajstić information content (AvgIpc) is 2.27. The third kappa shape index (κ3) is 2.79. The van der Waals surface area contributed by atoms with E-state index < -0.39 is 0 Å². The van der Waals surface area contributed by atoms with Gasteiger partial charge in [-0.25, -0.2) is 8.78 Å². The number of halogens is 2. The minimum atomic E-state index is -0.288. The molecule has 2 rings (SSSR count). The van der Waals surface area contributed by atoms with Gasteiger partial charge in [0.25, 0.3) is 0 Å². The van der Waals surface area contributed by atoms with E-state index in [4.69, 9.17) is 0 Å². The van der Waals surface area contributed by atoms with Crippen molar-refractivity contribution in [2.75, 3.05) is 5.32 Å². The number of hydrogen-bond donors (Lipinski definition) is 1. The van der Waals surface area contributed by atoms with E-state index in [-0.39, 0.29) is 11.6 Å². The molecule has 2 aromatic rings. The van der Waals surface area contributed by atoms with Gasteiger partial charge in [-0.2, -0.15) is 0 Å². The topological polar surface area (TPSA) is 12.0 Å². The molecule has 0 amide bonds. The molecule has 0 spiro atoms. The van der Waals surface area contributed by atoms with Gasteiger partial charge in [-0.15, -0.1) is 0 Å². The second kappa shape index (κ2) is 4.75. The fourth-order valence-corrected chi connectivity index (χ4v) is 1.45. The van der Waals surface area contributed by atoms with Crippen LogP contribution in [0.5, 0.6) is 0 Å². The Bertz CT molecular complexity index is 437. The number of hydrogen-bond acceptors (Lipinski definition) is 1. The Morgan fingerprint density at radius 3 is 2.25 bits per heavy atom. The van der Waals surface area contributed by atoms with Crippen LogP contribution in [-0.4, -0.2) is 0 Å². The first kappa shape index (κ1) is 10.6. The lowest BCUT2D eigenvalue weighted by molar-refractivity contribution is 0.625. The Morgan fingerprint density at radius 2 is 1.56 bits per heavy atom. The molecule has 0 aliphatic heterocycles. The molecular formula is C13H11F2N. The fraction of sp³-hybridized carbons (Fsp3) is 0.0769. The van der Waals surface area contributed by atoms with Gasteiger partial charge in [0.15, 0.2) is 0 Å². The van der Waals surface area contributed by atoms with Crippen LogP contribution in [0, 0.1) is 11.6 Å². The molecule has 0 fully saturated rings. The van der Waals surface area contributed by atoms with Crippen LogP contribution in [0.3, 0.4) is 0 Å². The van der Waals surface area contributed by atoms with E-state index in [1.165, 1.54) is 24.3 Å². The first-order valence-electron chi connectivity index (χ1n) is 4.98. The molecule has 82 valence electrons. The molecule has 0 radical (unpaired) electrons. The zero-order chi connectivity index (χ0) is 11.4. The van der Waals surface area contributed by atoms with Gasteiger partial charge < -0.3 is 5.32 Å². The van der Waals surface area contributed by atoms with E-state index in [0.717, 1.165) is 5.56 Å². The van der Waals surface area contributed by atoms with Gasteiger partial charge in [-0.1, -0.05) is 18.2 Å². The summed E-state index contributed by atoms with van der Waals surface area (Å²) in [4.78, 5) is 0. The van der Waals surface area contributed by atoms with Crippen LogP contribution in [0.2, 0.25) is 0 Å². The molecule has 0 aromatic heterocycles. The monoisotopic (exact) mass is 219 g/mol. The van der Waals surface area contributed by atoms with Crippen molar-refractivity contribution in [1.29, 1.82) is 0 Å². The van der Waals surface area contributed by atoms with Gasteiger partial charge in [-0.05, 0) is 35.9 Å². The summed E-state index contributed by atoms with van der Waals surface area (Å²) in [6.07, 6.45) is 0. The fourth-order valence-electron chi connectivity index (χ4n) is 1.45. The Hall–Kier alpha value is -1.90. The lowest BCUT2D eigenvalue weighted by Gasteiger charge is -2.06. The molecule has 0 saturated carbocycles. The van der Waals surface area contributed by atoms with Crippen molar-refractivity contribution in [3.05, 3.63) is 65.7 Å². The van der Waals surface area contributed by atoms with Crippen LogP contribution in [0.15, 0.2) is 48.5 Å². The molecule has 16 heavy (non-hydrogen) atoms. The molecule has 0 unspecified atom stereocenters. The lowest BCUT2D eigenvalue weighted by Crippen LogP contribution is -1.99. The third-order valence-corrected chi connectivity index (χ3v) is 2.21. The second-order valence-electron chi connectivity index (χ2n) is 3.49. The average molecular weight is 219 g/mol. The molecule has 2 aromatic carbocycles. The van der Waals surface area contributed by atoms with Crippen LogP contribution in [0.1, 0.15) is 5.56 Å². The van der Waals surface area contributed by atoms with E-state index in [9.17, 15) is 8.78 Å². The highest BCUT2D eigenvalue weighted by atomic mass is 19.1. The molecule has 0 aliphatic carbocycles. The third-order valence-electron chi connectivity index (χ3n) is 2.21. The smallest absolute Gasteiger partial charge is 0.125 e. The first-order chi connectivity index (χ1) is 7.74. The zero-order valence-electron chi connectivity index (χ0n) is 8.58. The molecule has 0 atom stereocenters. The highest BCUT2D eigenvalue weighted by Crippen LogP contribution is 2.11. The number of rotatable bonds is 3. The summed E-state index contributed by atoms with van der Waals surface area (Å²) in [6.45, 7) is 0.473. The van der Waals surface area contributed by atoms with Crippen LogP contribution < -0.4 is 5.32 Å². The summed E-state index contributed by atoms with van der Waals surface area (Å²) < 4.78 is 25.7. The Labute approximate surface area is 92.7 Å². The molecule has 0 heterocycles. The van der Waals surface area contributed by atoms with Gasteiger partial charge in [-0.3, -0.25) is 0 Å². The summed E-state index contributed by atoms with van der Waals surface area (Å²) in [5.74, 6) is -0.553. The van der Waals surface area contributed by atoms with Crippen molar-refractivity contribution in [3.63, 3.8) is 0 Å². The lowest BCUT2D eigenvalue weighted by atomic mass is 10.2. The number of anilines is 1. The van der Waals surface area contributed by atoms with Crippen molar-refractivity contribution < 1.29 is 8.78 Å². The van der Waals surface area contributed by atoms with E-state index >= 15 is 0 Å². The van der Waals surface area contributed by atoms with E-state index in [0.29, 0.717) is 12.2 Å². The van der Waals surface area contributed by atoms with Gasteiger partial charge in [0.1, 0.15) is 11.6 Å². The van der Waals surface area contributed by atoms with E-state index in [1.54, 1.807) is 18.2 Å². The van der Waals surface area contributed by atoms with Gasteiger partial charge >= 0.3 is 0 Å². The predicted octanol–water partition coefficient (Wildman–Crippen LogP) is 3.58. The Balaban J connectivity index is 2.02. The summed E-state index contributed by atoms with van der Waals surface area (Å²) in [5.41, 5.74) is 1.51. The number of nitrogens with one attached hydrogen (secondary N) is 1. The second-order valence-corrected chi connectivity index (χ2v) is 3.49. The van der Waals surface area contributed by atoms with Crippen LogP contribution in [0.4, 0.5) is 14.5 Å². The van der Waals surface area contributed by atoms with Crippen LogP contribution in [-0.2, 0) is 6.54 Å². The Kier molecular flexibility index (Phi) is 3.15. The van der Waals surface area contributed by atoms with Crippen molar-refractivity contribution in [3.8, 4) is 0 Å². The standard InChI is InChI=1S/C13H11F2N/c14-11-4-1-3-10(7-11)9-16-13-6-2-5-12(15)8-13/h1-8,16H,9H2. The highest BCUT2D eigenvalue weighted by Gasteiger charge is 1.97. The largest absolute Gasteiger partial charge is 0.381 e. The Morgan fingerprint density at radius 1 is 0.875 bits per heavy atom. The van der Waals surface area contributed by atoms with Crippen molar-refractivity contribution in [1.82, 2.24) is 0 Å². The van der Waals surface area contributed by atoms with Gasteiger partial charge in [0.05, 0.1) is 0 Å². The maximum Gasteiger partial charge on any atom is 0.125 e. The summed E-state index contributed by atoms with van der Waals surface area (Å²) in [5, 5.41) is 3.02. The van der Waals surface area contributed by atoms with E-state index in [2.05, 4.69) is 5.32 Å². The molecule has 3 heteroatoms.